The van der Waals surface area contributed by atoms with Gasteiger partial charge in [-0.1, -0.05) is 38.1 Å². The van der Waals surface area contributed by atoms with E-state index in [1.807, 2.05) is 44.2 Å². The molecule has 2 rings (SSSR count). The first-order valence-corrected chi connectivity index (χ1v) is 11.5. The molecule has 2 aromatic carbocycles. The number of Topliss-reactive ketones (excluding diaryl/α,β-unsaturated/α-hetero) is 2. The Morgan fingerprint density at radius 3 is 1.75 bits per heavy atom. The molecule has 0 radical (unpaired) electrons. The molecular formula is C25H31Cl2F3O6. The molecule has 2 unspecified atom stereocenters. The second kappa shape index (κ2) is 19.6. The Morgan fingerprint density at radius 2 is 1.39 bits per heavy atom. The Kier molecular flexibility index (Phi) is 19.3. The van der Waals surface area contributed by atoms with Gasteiger partial charge in [0.2, 0.25) is 6.29 Å². The first kappa shape index (κ1) is 35.5. The lowest BCUT2D eigenvalue weighted by Gasteiger charge is -2.10. The van der Waals surface area contributed by atoms with Gasteiger partial charge in [-0.05, 0) is 49.2 Å². The Bertz CT molecular complexity index is 923. The number of aromatic hydroxyl groups is 1. The van der Waals surface area contributed by atoms with Crippen LogP contribution < -0.4 is 4.74 Å². The van der Waals surface area contributed by atoms with Crippen molar-refractivity contribution in [3.8, 4) is 11.5 Å². The monoisotopic (exact) mass is 554 g/mol. The zero-order valence-electron chi connectivity index (χ0n) is 20.6. The van der Waals surface area contributed by atoms with Crippen molar-refractivity contribution in [3.63, 3.8) is 0 Å². The zero-order valence-corrected chi connectivity index (χ0v) is 22.2. The van der Waals surface area contributed by atoms with E-state index < -0.39 is 12.5 Å². The van der Waals surface area contributed by atoms with Crippen molar-refractivity contribution in [1.29, 1.82) is 0 Å². The lowest BCUT2D eigenvalue weighted by molar-refractivity contribution is -0.156. The fraction of sp³-hybridized carbons (Fsp3) is 0.400. The fourth-order valence-corrected chi connectivity index (χ4v) is 2.26. The number of aldehydes is 1. The van der Waals surface area contributed by atoms with Crippen LogP contribution in [-0.2, 0) is 19.1 Å². The number of alkyl halides is 5. The molecule has 2 aromatic rings. The van der Waals surface area contributed by atoms with Gasteiger partial charge in [0.25, 0.3) is 0 Å². The second-order valence-electron chi connectivity index (χ2n) is 7.14. The van der Waals surface area contributed by atoms with Gasteiger partial charge in [-0.15, -0.1) is 23.2 Å². The molecule has 0 saturated heterocycles. The van der Waals surface area contributed by atoms with Crippen LogP contribution in [-0.4, -0.2) is 48.4 Å². The van der Waals surface area contributed by atoms with Crippen LogP contribution in [0.15, 0.2) is 48.5 Å². The van der Waals surface area contributed by atoms with Gasteiger partial charge in [0.05, 0.1) is 5.34 Å². The number of ketones is 2. The number of hydrogen-bond acceptors (Lipinski definition) is 6. The first-order chi connectivity index (χ1) is 16.7. The van der Waals surface area contributed by atoms with Crippen LogP contribution in [0, 0.1) is 0 Å². The molecule has 11 heteroatoms. The van der Waals surface area contributed by atoms with Gasteiger partial charge in [0.15, 0.2) is 6.79 Å². The smallest absolute Gasteiger partial charge is 0.446 e. The number of rotatable bonds is 7. The fourth-order valence-electron chi connectivity index (χ4n) is 2.26. The maximum Gasteiger partial charge on any atom is 0.446 e. The number of phenolic OH excluding ortho intramolecular Hbond substituents is 1. The SMILES string of the molecule is CC(=O)C(C)c1cccc(O)c1.COCOc1cccc(C(C)C(C)=O)c1.ClCCl.O=CC(F)(F)F. The number of ether oxygens (including phenoxy) is 2. The molecule has 0 aliphatic heterocycles. The Balaban J connectivity index is 0. The largest absolute Gasteiger partial charge is 0.508 e. The number of halogens is 5. The summed E-state index contributed by atoms with van der Waals surface area (Å²) in [6, 6.07) is 14.3. The van der Waals surface area contributed by atoms with Gasteiger partial charge in [-0.3, -0.25) is 14.4 Å². The minimum Gasteiger partial charge on any atom is -0.508 e. The quantitative estimate of drug-likeness (QED) is 0.235. The Labute approximate surface area is 219 Å². The lowest BCUT2D eigenvalue weighted by atomic mass is 9.98. The van der Waals surface area contributed by atoms with Crippen LogP contribution in [0.5, 0.6) is 11.5 Å². The van der Waals surface area contributed by atoms with Crippen LogP contribution in [0.25, 0.3) is 0 Å². The van der Waals surface area contributed by atoms with E-state index in [2.05, 4.69) is 0 Å². The number of phenols is 1. The summed E-state index contributed by atoms with van der Waals surface area (Å²) in [5, 5.41) is 9.33. The van der Waals surface area contributed by atoms with E-state index in [-0.39, 0.29) is 41.3 Å². The van der Waals surface area contributed by atoms with Crippen LogP contribution >= 0.6 is 23.2 Å². The maximum atomic E-state index is 11.2. The van der Waals surface area contributed by atoms with E-state index in [1.165, 1.54) is 0 Å². The summed E-state index contributed by atoms with van der Waals surface area (Å²) in [6.07, 6.45) is -5.70. The van der Waals surface area contributed by atoms with E-state index in [0.717, 1.165) is 16.9 Å². The molecule has 0 bridgehead atoms. The summed E-state index contributed by atoms with van der Waals surface area (Å²) in [6.45, 7) is 7.08. The van der Waals surface area contributed by atoms with Crippen LogP contribution in [0.1, 0.15) is 50.7 Å². The zero-order chi connectivity index (χ0) is 28.3. The summed E-state index contributed by atoms with van der Waals surface area (Å²) < 4.78 is 41.3. The number of carbonyl (C=O) groups is 3. The third-order valence-electron chi connectivity index (χ3n) is 4.42. The normalized spacial score (nSPS) is 11.6. The maximum absolute atomic E-state index is 11.2. The molecule has 2 atom stereocenters. The third-order valence-corrected chi connectivity index (χ3v) is 4.42. The highest BCUT2D eigenvalue weighted by Gasteiger charge is 2.24. The summed E-state index contributed by atoms with van der Waals surface area (Å²) in [5.41, 5.74) is 1.83. The minimum absolute atomic E-state index is 0.0869. The standard InChI is InChI=1S/C12H16O3.C10H12O2.C2HF3O.CH2Cl2/c1-9(10(2)13)11-5-4-6-12(7-11)15-8-14-3;1-7(8(2)11)9-4-3-5-10(12)6-9;3-2(4,5)1-6;2-1-3/h4-7,9H,8H2,1-3H3;3-7,12H,1-2H3;1H;1H2. The van der Waals surface area contributed by atoms with E-state index in [9.17, 15) is 22.8 Å². The molecule has 0 aromatic heterocycles. The van der Waals surface area contributed by atoms with Crippen LogP contribution in [0.4, 0.5) is 13.2 Å². The summed E-state index contributed by atoms with van der Waals surface area (Å²) in [7, 11) is 1.57. The number of methoxy groups -OCH3 is 1. The summed E-state index contributed by atoms with van der Waals surface area (Å²) in [5.74, 6) is 0.982. The third kappa shape index (κ3) is 17.8. The van der Waals surface area contributed by atoms with E-state index in [4.69, 9.17) is 42.6 Å². The Morgan fingerprint density at radius 1 is 0.972 bits per heavy atom. The highest BCUT2D eigenvalue weighted by atomic mass is 35.5. The highest BCUT2D eigenvalue weighted by Crippen LogP contribution is 2.21. The van der Waals surface area contributed by atoms with Crippen molar-refractivity contribution in [1.82, 2.24) is 0 Å². The van der Waals surface area contributed by atoms with Gasteiger partial charge in [0.1, 0.15) is 23.1 Å². The molecule has 1 N–H and O–H groups in total. The average molecular weight is 555 g/mol. The molecular weight excluding hydrogens is 524 g/mol. The average Bonchev–Trinajstić information content (AvgIpc) is 2.82. The van der Waals surface area contributed by atoms with E-state index in [0.29, 0.717) is 0 Å². The van der Waals surface area contributed by atoms with Crippen molar-refractivity contribution in [2.24, 2.45) is 0 Å². The lowest BCUT2D eigenvalue weighted by Crippen LogP contribution is -2.07. The molecule has 0 fully saturated rings. The van der Waals surface area contributed by atoms with E-state index >= 15 is 0 Å². The predicted octanol–water partition coefficient (Wildman–Crippen LogP) is 6.62. The van der Waals surface area contributed by atoms with Crippen molar-refractivity contribution in [2.75, 3.05) is 19.2 Å². The Hall–Kier alpha value is -2.62. The highest BCUT2D eigenvalue weighted by molar-refractivity contribution is 6.40. The van der Waals surface area contributed by atoms with Crippen molar-refractivity contribution >= 4 is 41.1 Å². The molecule has 0 saturated carbocycles. The van der Waals surface area contributed by atoms with Crippen LogP contribution in [0.3, 0.4) is 0 Å². The molecule has 202 valence electrons. The van der Waals surface area contributed by atoms with Gasteiger partial charge in [0, 0.05) is 18.9 Å². The van der Waals surface area contributed by atoms with E-state index in [1.54, 1.807) is 39.2 Å². The molecule has 0 heterocycles. The molecule has 0 aliphatic rings. The first-order valence-electron chi connectivity index (χ1n) is 10.4. The van der Waals surface area contributed by atoms with Crippen molar-refractivity contribution in [2.45, 2.75) is 45.7 Å². The van der Waals surface area contributed by atoms with Gasteiger partial charge in [-0.25, -0.2) is 0 Å². The molecule has 0 aliphatic carbocycles. The number of benzene rings is 2. The molecule has 36 heavy (non-hydrogen) atoms. The number of hydrogen-bond donors (Lipinski definition) is 1. The summed E-state index contributed by atoms with van der Waals surface area (Å²) >= 11 is 9.53. The van der Waals surface area contributed by atoms with Gasteiger partial charge in [-0.2, -0.15) is 13.2 Å². The topological polar surface area (TPSA) is 89.9 Å². The predicted molar refractivity (Wildman–Crippen MR) is 134 cm³/mol. The molecule has 6 nitrogen and oxygen atoms in total. The minimum atomic E-state index is -4.64. The van der Waals surface area contributed by atoms with Crippen LogP contribution in [0.2, 0.25) is 0 Å². The molecule has 0 amide bonds. The summed E-state index contributed by atoms with van der Waals surface area (Å²) in [4.78, 5) is 30.9. The second-order valence-corrected chi connectivity index (χ2v) is 7.95. The van der Waals surface area contributed by atoms with Crippen molar-refractivity contribution in [3.05, 3.63) is 59.7 Å². The molecule has 0 spiro atoms. The van der Waals surface area contributed by atoms with Gasteiger partial charge < -0.3 is 14.6 Å². The number of carbonyl (C=O) groups excluding carboxylic acids is 3. The van der Waals surface area contributed by atoms with Gasteiger partial charge >= 0.3 is 6.18 Å². The van der Waals surface area contributed by atoms with Crippen molar-refractivity contribution < 1.29 is 42.1 Å².